The summed E-state index contributed by atoms with van der Waals surface area (Å²) in [6, 6.07) is 63.6. The number of hydrogen-bond donors (Lipinski definition) is 0. The van der Waals surface area contributed by atoms with Gasteiger partial charge in [0.1, 0.15) is 0 Å². The van der Waals surface area contributed by atoms with E-state index in [0.29, 0.717) is 28.9 Å². The molecule has 0 atom stereocenters. The molecule has 6 aromatic carbocycles. The van der Waals surface area contributed by atoms with E-state index in [4.69, 9.17) is 9.47 Å². The van der Waals surface area contributed by atoms with Crippen LogP contribution in [-0.2, 0) is 40.8 Å². The van der Waals surface area contributed by atoms with E-state index in [1.165, 1.54) is 0 Å². The number of ether oxygens (including phenoxy) is 2. The summed E-state index contributed by atoms with van der Waals surface area (Å²) in [5.41, 5.74) is 9.10. The SMILES string of the molecule is [Pd+2].[Pd+2].[c-]1c(Oc2[c-]c3c(cc2)c2ccc(Oc4[c-]c(-c5cc(-c6ccccc6)ccn5)ccc4)[c-]c2n3-c2ncccn2)cccc1-c1cc(-c2ccccc2)ccn1. The molecular formula is C50H29N5O2Pd2. The van der Waals surface area contributed by atoms with Crippen molar-refractivity contribution in [1.29, 1.82) is 0 Å². The van der Waals surface area contributed by atoms with Crippen LogP contribution < -0.4 is 9.47 Å². The van der Waals surface area contributed by atoms with E-state index >= 15 is 0 Å². The molecular weight excluding hydrogens is 915 g/mol. The molecule has 0 bridgehead atoms. The zero-order chi connectivity index (χ0) is 38.0. The van der Waals surface area contributed by atoms with Crippen LogP contribution in [0.15, 0.2) is 176 Å². The van der Waals surface area contributed by atoms with Gasteiger partial charge in [0, 0.05) is 47.8 Å². The summed E-state index contributed by atoms with van der Waals surface area (Å²) >= 11 is 0. The van der Waals surface area contributed by atoms with Crippen LogP contribution in [0.1, 0.15) is 0 Å². The first kappa shape index (κ1) is 39.3. The number of pyridine rings is 2. The molecule has 0 N–H and O–H groups in total. The Morgan fingerprint density at radius 2 is 0.831 bits per heavy atom. The summed E-state index contributed by atoms with van der Waals surface area (Å²) in [7, 11) is 0. The molecule has 9 heteroatoms. The topological polar surface area (TPSA) is 75.0 Å². The Balaban J connectivity index is 0.00000242. The Hall–Kier alpha value is -6.58. The van der Waals surface area contributed by atoms with Crippen molar-refractivity contribution in [2.75, 3.05) is 0 Å². The fourth-order valence-electron chi connectivity index (χ4n) is 6.88. The van der Waals surface area contributed by atoms with Crippen molar-refractivity contribution in [1.82, 2.24) is 24.5 Å². The fraction of sp³-hybridized carbons (Fsp3) is 0. The van der Waals surface area contributed by atoms with Crippen molar-refractivity contribution in [3.05, 3.63) is 201 Å². The van der Waals surface area contributed by atoms with E-state index in [0.717, 1.165) is 66.6 Å². The summed E-state index contributed by atoms with van der Waals surface area (Å²) in [6.45, 7) is 0. The number of nitrogens with zero attached hydrogens (tertiary/aromatic N) is 5. The minimum absolute atomic E-state index is 0. The molecule has 286 valence electrons. The van der Waals surface area contributed by atoms with Crippen LogP contribution in [0.25, 0.3) is 72.5 Å². The maximum Gasteiger partial charge on any atom is 2.00 e. The van der Waals surface area contributed by atoms with Gasteiger partial charge in [0.15, 0.2) is 0 Å². The van der Waals surface area contributed by atoms with Gasteiger partial charge in [-0.2, -0.15) is 22.9 Å². The summed E-state index contributed by atoms with van der Waals surface area (Å²) in [5, 5.41) is 1.87. The molecule has 0 saturated heterocycles. The van der Waals surface area contributed by atoms with Gasteiger partial charge < -0.3 is 24.0 Å². The van der Waals surface area contributed by atoms with Crippen LogP contribution in [0, 0.1) is 24.3 Å². The van der Waals surface area contributed by atoms with Gasteiger partial charge in [0.2, 0.25) is 5.95 Å². The number of benzene rings is 6. The first-order chi connectivity index (χ1) is 28.2. The Labute approximate surface area is 368 Å². The molecule has 0 unspecified atom stereocenters. The second-order valence-electron chi connectivity index (χ2n) is 13.2. The molecule has 0 aliphatic heterocycles. The predicted octanol–water partition coefficient (Wildman–Crippen LogP) is 11.8. The van der Waals surface area contributed by atoms with Gasteiger partial charge in [0.05, 0.1) is 0 Å². The van der Waals surface area contributed by atoms with Crippen molar-refractivity contribution >= 4 is 21.8 Å². The minimum atomic E-state index is 0. The number of aromatic nitrogens is 5. The number of hydrogen-bond acceptors (Lipinski definition) is 6. The van der Waals surface area contributed by atoms with Crippen molar-refractivity contribution in [3.8, 4) is 73.7 Å². The molecule has 4 heterocycles. The van der Waals surface area contributed by atoms with Crippen molar-refractivity contribution in [2.24, 2.45) is 0 Å². The third kappa shape index (κ3) is 8.25. The third-order valence-corrected chi connectivity index (χ3v) is 9.55. The van der Waals surface area contributed by atoms with Gasteiger partial charge in [-0.25, -0.2) is 9.97 Å². The Morgan fingerprint density at radius 1 is 0.373 bits per heavy atom. The van der Waals surface area contributed by atoms with Gasteiger partial charge in [-0.1, -0.05) is 96.0 Å². The van der Waals surface area contributed by atoms with Crippen LogP contribution in [0.3, 0.4) is 0 Å². The van der Waals surface area contributed by atoms with Crippen molar-refractivity contribution in [3.63, 3.8) is 0 Å². The summed E-state index contributed by atoms with van der Waals surface area (Å²) in [6.07, 6.45) is 7.06. The quantitative estimate of drug-likeness (QED) is 0.106. The average Bonchev–Trinajstić information content (AvgIpc) is 3.60. The molecule has 0 radical (unpaired) electrons. The molecule has 0 saturated carbocycles. The zero-order valence-electron chi connectivity index (χ0n) is 30.9. The summed E-state index contributed by atoms with van der Waals surface area (Å²) < 4.78 is 14.7. The van der Waals surface area contributed by atoms with E-state index in [1.807, 2.05) is 126 Å². The molecule has 4 aromatic heterocycles. The van der Waals surface area contributed by atoms with Crippen molar-refractivity contribution < 1.29 is 50.3 Å². The average molecular weight is 945 g/mol. The monoisotopic (exact) mass is 943 g/mol. The van der Waals surface area contributed by atoms with Crippen LogP contribution in [-0.4, -0.2) is 24.5 Å². The molecule has 10 rings (SSSR count). The second-order valence-corrected chi connectivity index (χ2v) is 13.2. The van der Waals surface area contributed by atoms with E-state index in [1.54, 1.807) is 18.5 Å². The fourth-order valence-corrected chi connectivity index (χ4v) is 6.88. The molecule has 0 amide bonds. The molecule has 7 nitrogen and oxygen atoms in total. The summed E-state index contributed by atoms with van der Waals surface area (Å²) in [4.78, 5) is 18.5. The van der Waals surface area contributed by atoms with Crippen LogP contribution in [0.5, 0.6) is 23.0 Å². The maximum absolute atomic E-state index is 6.40. The van der Waals surface area contributed by atoms with Crippen LogP contribution >= 0.6 is 0 Å². The first-order valence-corrected chi connectivity index (χ1v) is 18.4. The standard InChI is InChI=1S/C50H29N5O2.2Pd/c1-3-10-34(11-4-1)36-22-26-51-46(30-36)38-14-7-16-40(28-38)56-42-18-20-44-45-21-19-43(33-49(45)55(48(44)32-42)50-53-24-9-25-54-50)57-41-17-8-15-39(29-41)47-31-37(23-27-52-47)35-12-5-2-6-13-35;;/h1-27,30-31H;;/q-4;2*+2. The molecule has 0 aliphatic carbocycles. The predicted molar refractivity (Wildman–Crippen MR) is 222 cm³/mol. The molecule has 0 aliphatic rings. The van der Waals surface area contributed by atoms with Gasteiger partial charge in [-0.3, -0.25) is 0 Å². The molecule has 59 heavy (non-hydrogen) atoms. The summed E-state index contributed by atoms with van der Waals surface area (Å²) in [5.74, 6) is 2.56. The van der Waals surface area contributed by atoms with E-state index in [2.05, 4.69) is 80.6 Å². The van der Waals surface area contributed by atoms with E-state index in [9.17, 15) is 0 Å². The Kier molecular flexibility index (Phi) is 11.6. The Morgan fingerprint density at radius 3 is 1.31 bits per heavy atom. The smallest absolute Gasteiger partial charge is 0.503 e. The molecule has 0 spiro atoms. The third-order valence-electron chi connectivity index (χ3n) is 9.55. The molecule has 0 fully saturated rings. The van der Waals surface area contributed by atoms with Gasteiger partial charge >= 0.3 is 40.8 Å². The largest absolute Gasteiger partial charge is 2.00 e. The minimum Gasteiger partial charge on any atom is -0.503 e. The first-order valence-electron chi connectivity index (χ1n) is 18.4. The maximum atomic E-state index is 6.40. The van der Waals surface area contributed by atoms with Crippen LogP contribution in [0.2, 0.25) is 0 Å². The van der Waals surface area contributed by atoms with Gasteiger partial charge in [0.25, 0.3) is 0 Å². The number of rotatable bonds is 9. The normalized spacial score (nSPS) is 10.8. The van der Waals surface area contributed by atoms with E-state index < -0.39 is 0 Å². The zero-order valence-corrected chi connectivity index (χ0v) is 34.0. The van der Waals surface area contributed by atoms with Gasteiger partial charge in [-0.15, -0.1) is 71.8 Å². The van der Waals surface area contributed by atoms with Gasteiger partial charge in [-0.05, 0) is 51.8 Å². The second kappa shape index (κ2) is 17.5. The Bertz CT molecular complexity index is 2850. The van der Waals surface area contributed by atoms with Crippen LogP contribution in [0.4, 0.5) is 0 Å². The molecule has 10 aromatic rings. The number of fused-ring (bicyclic) bond motifs is 3. The van der Waals surface area contributed by atoms with Crippen molar-refractivity contribution in [2.45, 2.75) is 0 Å². The van der Waals surface area contributed by atoms with E-state index in [-0.39, 0.29) is 40.8 Å².